The Balaban J connectivity index is 1.45. The number of nitrogens with zero attached hydrogens (tertiary/aromatic N) is 4. The number of fused-ring (bicyclic) bond motifs is 1. The molecule has 1 N–H and O–H groups in total. The van der Waals surface area contributed by atoms with E-state index in [0.29, 0.717) is 38.4 Å². The monoisotopic (exact) mass is 405 g/mol. The van der Waals surface area contributed by atoms with E-state index in [-0.39, 0.29) is 11.9 Å². The highest BCUT2D eigenvalue weighted by Gasteiger charge is 2.44. The first kappa shape index (κ1) is 19.3. The van der Waals surface area contributed by atoms with Gasteiger partial charge in [0.05, 0.1) is 17.9 Å². The minimum absolute atomic E-state index is 0.0477. The van der Waals surface area contributed by atoms with Crippen molar-refractivity contribution in [3.05, 3.63) is 53.6 Å². The number of halogens is 1. The molecule has 0 aliphatic carbocycles. The van der Waals surface area contributed by atoms with Crippen molar-refractivity contribution >= 4 is 21.6 Å². The van der Waals surface area contributed by atoms with E-state index in [9.17, 15) is 12.8 Å². The molecule has 28 heavy (non-hydrogen) atoms. The number of hydrogen-bond acceptors (Lipinski definition) is 5. The summed E-state index contributed by atoms with van der Waals surface area (Å²) in [6.07, 6.45) is 1.72. The van der Waals surface area contributed by atoms with Crippen LogP contribution in [0.3, 0.4) is 0 Å². The van der Waals surface area contributed by atoms with Crippen LogP contribution in [0, 0.1) is 12.7 Å². The number of likely N-dealkylation sites (N-methyl/N-ethyl adjacent to an activating group) is 1. The van der Waals surface area contributed by atoms with Crippen molar-refractivity contribution in [1.29, 1.82) is 0 Å². The summed E-state index contributed by atoms with van der Waals surface area (Å²) in [6.45, 7) is 4.72. The molecule has 0 radical (unpaired) electrons. The van der Waals surface area contributed by atoms with Crippen LogP contribution in [0.2, 0.25) is 0 Å². The molecule has 2 saturated heterocycles. The maximum absolute atomic E-state index is 14.1. The minimum Gasteiger partial charge on any atom is -0.354 e. The molecule has 0 spiro atoms. The number of piperazine rings is 1. The predicted molar refractivity (Wildman–Crippen MR) is 106 cm³/mol. The molecule has 2 aliphatic rings. The lowest BCUT2D eigenvalue weighted by Crippen LogP contribution is -2.51. The van der Waals surface area contributed by atoms with Crippen molar-refractivity contribution in [2.45, 2.75) is 19.5 Å². The first-order valence-corrected chi connectivity index (χ1v) is 10.7. The first-order chi connectivity index (χ1) is 13.3. The van der Waals surface area contributed by atoms with Crippen LogP contribution in [-0.4, -0.2) is 66.2 Å². The predicted octanol–water partition coefficient (Wildman–Crippen LogP) is 1.95. The zero-order chi connectivity index (χ0) is 19.9. The summed E-state index contributed by atoms with van der Waals surface area (Å²) in [5, 5.41) is 3.19. The van der Waals surface area contributed by atoms with Crippen molar-refractivity contribution < 1.29 is 12.8 Å². The highest BCUT2D eigenvalue weighted by Crippen LogP contribution is 2.26. The minimum atomic E-state index is -3.31. The topological polar surface area (TPSA) is 68.8 Å². The largest absolute Gasteiger partial charge is 0.354 e. The van der Waals surface area contributed by atoms with E-state index >= 15 is 0 Å². The summed E-state index contributed by atoms with van der Waals surface area (Å²) in [7, 11) is -1.70. The lowest BCUT2D eigenvalue weighted by molar-refractivity contribution is 0.140. The summed E-state index contributed by atoms with van der Waals surface area (Å²) in [5.41, 5.74) is 3.24. The molecule has 1 aromatic carbocycles. The van der Waals surface area contributed by atoms with Gasteiger partial charge in [0, 0.05) is 51.2 Å². The Hall–Kier alpha value is -2.07. The molecule has 0 bridgehead atoms. The third-order valence-corrected chi connectivity index (χ3v) is 7.24. The third-order valence-electron chi connectivity index (χ3n) is 5.23. The second kappa shape index (κ2) is 7.40. The number of rotatable bonds is 4. The van der Waals surface area contributed by atoms with Crippen molar-refractivity contribution in [2.75, 3.05) is 38.5 Å². The molecule has 4 rings (SSSR count). The van der Waals surface area contributed by atoms with Crippen LogP contribution in [0.1, 0.15) is 11.3 Å². The average molecular weight is 405 g/mol. The normalized spacial score (nSPS) is 22.9. The van der Waals surface area contributed by atoms with Gasteiger partial charge in [-0.3, -0.25) is 9.88 Å². The van der Waals surface area contributed by atoms with Gasteiger partial charge in [0.1, 0.15) is 5.82 Å². The average Bonchev–Trinajstić information content (AvgIpc) is 2.85. The summed E-state index contributed by atoms with van der Waals surface area (Å²) in [4.78, 5) is 6.42. The van der Waals surface area contributed by atoms with Gasteiger partial charge in [0.15, 0.2) is 0 Å². The fraction of sp³-hybridized carbons (Fsp3) is 0.421. The van der Waals surface area contributed by atoms with Crippen LogP contribution in [0.5, 0.6) is 0 Å². The van der Waals surface area contributed by atoms with Gasteiger partial charge in [-0.15, -0.1) is 0 Å². The second-order valence-electron chi connectivity index (χ2n) is 7.45. The Labute approximate surface area is 165 Å². The molecule has 2 aromatic rings. The number of aryl methyl sites for hydroxylation is 1. The highest BCUT2D eigenvalue weighted by atomic mass is 32.2. The van der Waals surface area contributed by atoms with E-state index in [1.807, 2.05) is 25.1 Å². The van der Waals surface area contributed by atoms with Gasteiger partial charge in [0.25, 0.3) is 10.2 Å². The van der Waals surface area contributed by atoms with E-state index in [1.54, 1.807) is 17.5 Å². The molecule has 3 heterocycles. The van der Waals surface area contributed by atoms with Crippen LogP contribution in [0.4, 0.5) is 15.8 Å². The molecule has 2 aliphatic heterocycles. The molecule has 0 amide bonds. The fourth-order valence-corrected chi connectivity index (χ4v) is 5.39. The molecular formula is C19H24FN5O2S. The molecule has 1 aromatic heterocycles. The van der Waals surface area contributed by atoms with Gasteiger partial charge < -0.3 is 5.32 Å². The van der Waals surface area contributed by atoms with Crippen LogP contribution in [0.15, 0.2) is 36.5 Å². The van der Waals surface area contributed by atoms with Crippen molar-refractivity contribution in [1.82, 2.24) is 18.5 Å². The van der Waals surface area contributed by atoms with E-state index in [2.05, 4.69) is 15.2 Å². The van der Waals surface area contributed by atoms with E-state index in [1.165, 1.54) is 16.4 Å². The van der Waals surface area contributed by atoms with Crippen LogP contribution < -0.4 is 5.32 Å². The van der Waals surface area contributed by atoms with Crippen LogP contribution in [-0.2, 0) is 16.8 Å². The van der Waals surface area contributed by atoms with Crippen molar-refractivity contribution in [3.8, 4) is 0 Å². The van der Waals surface area contributed by atoms with E-state index < -0.39 is 10.2 Å². The number of nitrogens with one attached hydrogen (secondary N) is 1. The molecule has 150 valence electrons. The molecule has 1 atom stereocenters. The maximum Gasteiger partial charge on any atom is 0.282 e. The Morgan fingerprint density at radius 3 is 2.75 bits per heavy atom. The Bertz CT molecular complexity index is 967. The number of pyridine rings is 1. The standard InChI is InChI=1S/C19H24FN5O2S/c1-14-3-4-17(10-21-14)22-18-8-15(7-16(20)9-18)11-24-5-6-25-19(13-24)12-23(2)28(25,26)27/h3-4,7-10,19,22H,5-6,11-13H2,1-2H3/t19-/m1/s1. The molecular weight excluding hydrogens is 381 g/mol. The van der Waals surface area contributed by atoms with Gasteiger partial charge in [-0.25, -0.2) is 4.39 Å². The summed E-state index contributed by atoms with van der Waals surface area (Å²) < 4.78 is 41.6. The molecule has 7 nitrogen and oxygen atoms in total. The fourth-order valence-electron chi connectivity index (χ4n) is 3.85. The zero-order valence-corrected chi connectivity index (χ0v) is 16.8. The lowest BCUT2D eigenvalue weighted by Gasteiger charge is -2.35. The summed E-state index contributed by atoms with van der Waals surface area (Å²) in [6, 6.07) is 8.67. The molecule has 0 saturated carbocycles. The third kappa shape index (κ3) is 3.88. The van der Waals surface area contributed by atoms with Crippen LogP contribution in [0.25, 0.3) is 0 Å². The van der Waals surface area contributed by atoms with Gasteiger partial charge in [0.2, 0.25) is 0 Å². The van der Waals surface area contributed by atoms with Gasteiger partial charge in [-0.05, 0) is 42.8 Å². The Morgan fingerprint density at radius 2 is 2.00 bits per heavy atom. The quantitative estimate of drug-likeness (QED) is 0.842. The van der Waals surface area contributed by atoms with E-state index in [4.69, 9.17) is 0 Å². The maximum atomic E-state index is 14.1. The number of benzene rings is 1. The molecule has 2 fully saturated rings. The van der Waals surface area contributed by atoms with Crippen molar-refractivity contribution in [2.24, 2.45) is 0 Å². The van der Waals surface area contributed by atoms with E-state index in [0.717, 1.165) is 16.9 Å². The molecule has 9 heteroatoms. The highest BCUT2D eigenvalue weighted by molar-refractivity contribution is 7.87. The molecule has 0 unspecified atom stereocenters. The van der Waals surface area contributed by atoms with Crippen molar-refractivity contribution in [3.63, 3.8) is 0 Å². The van der Waals surface area contributed by atoms with Gasteiger partial charge >= 0.3 is 0 Å². The lowest BCUT2D eigenvalue weighted by atomic mass is 10.1. The zero-order valence-electron chi connectivity index (χ0n) is 16.0. The Kier molecular flexibility index (Phi) is 5.09. The van der Waals surface area contributed by atoms with Gasteiger partial charge in [-0.1, -0.05) is 0 Å². The van der Waals surface area contributed by atoms with Gasteiger partial charge in [-0.2, -0.15) is 17.0 Å². The number of hydrogen-bond donors (Lipinski definition) is 1. The smallest absolute Gasteiger partial charge is 0.282 e. The second-order valence-corrected chi connectivity index (χ2v) is 9.44. The number of aromatic nitrogens is 1. The summed E-state index contributed by atoms with van der Waals surface area (Å²) in [5.74, 6) is -0.304. The first-order valence-electron chi connectivity index (χ1n) is 9.26. The Morgan fingerprint density at radius 1 is 1.18 bits per heavy atom. The van der Waals surface area contributed by atoms with Crippen LogP contribution >= 0.6 is 0 Å². The summed E-state index contributed by atoms with van der Waals surface area (Å²) >= 11 is 0. The number of anilines is 2. The SMILES string of the molecule is Cc1ccc(Nc2cc(F)cc(CN3CCN4[C@@H](C3)CN(C)S4(=O)=O)c2)cn1.